The molecule has 2 heterocycles. The van der Waals surface area contributed by atoms with Crippen molar-refractivity contribution in [1.82, 2.24) is 14.6 Å². The van der Waals surface area contributed by atoms with Gasteiger partial charge in [-0.25, -0.2) is 9.50 Å². The minimum Gasteiger partial charge on any atom is -0.237 e. The zero-order valence-corrected chi connectivity index (χ0v) is 7.84. The van der Waals surface area contributed by atoms with Crippen LogP contribution in [-0.2, 0) is 12.4 Å². The van der Waals surface area contributed by atoms with Crippen molar-refractivity contribution < 1.29 is 26.3 Å². The van der Waals surface area contributed by atoms with Crippen LogP contribution < -0.4 is 0 Å². The fourth-order valence-corrected chi connectivity index (χ4v) is 1.25. The van der Waals surface area contributed by atoms with E-state index in [2.05, 4.69) is 10.1 Å². The van der Waals surface area contributed by atoms with Gasteiger partial charge in [0, 0.05) is 12.3 Å². The Kier molecular flexibility index (Phi) is 2.30. The molecule has 0 N–H and O–H groups in total. The first-order valence-corrected chi connectivity index (χ1v) is 4.19. The van der Waals surface area contributed by atoms with Gasteiger partial charge < -0.3 is 0 Å². The fraction of sp³-hybridized carbons (Fsp3) is 0.250. The van der Waals surface area contributed by atoms with Gasteiger partial charge in [-0.15, -0.1) is 0 Å². The van der Waals surface area contributed by atoms with Gasteiger partial charge in [-0.1, -0.05) is 0 Å². The Morgan fingerprint density at radius 1 is 1.00 bits per heavy atom. The Balaban J connectivity index is 2.70. The lowest BCUT2D eigenvalue weighted by Crippen LogP contribution is -2.13. The molecule has 2 aromatic rings. The zero-order chi connectivity index (χ0) is 12.8. The largest absolute Gasteiger partial charge is 0.435 e. The summed E-state index contributed by atoms with van der Waals surface area (Å²) < 4.78 is 74.3. The molecule has 0 fully saturated rings. The molecule has 2 rings (SSSR count). The summed E-state index contributed by atoms with van der Waals surface area (Å²) in [4.78, 5) is 3.39. The maximum absolute atomic E-state index is 12.5. The minimum atomic E-state index is -4.81. The second kappa shape index (κ2) is 3.34. The molecule has 0 saturated carbocycles. The quantitative estimate of drug-likeness (QED) is 0.677. The fourth-order valence-electron chi connectivity index (χ4n) is 1.25. The summed E-state index contributed by atoms with van der Waals surface area (Å²) in [5.74, 6) is 0. The van der Waals surface area contributed by atoms with Gasteiger partial charge in [-0.2, -0.15) is 31.4 Å². The van der Waals surface area contributed by atoms with Gasteiger partial charge in [0.05, 0.1) is 0 Å². The van der Waals surface area contributed by atoms with Crippen LogP contribution in [0.5, 0.6) is 0 Å². The van der Waals surface area contributed by atoms with Crippen molar-refractivity contribution in [1.29, 1.82) is 0 Å². The van der Waals surface area contributed by atoms with E-state index in [0.717, 1.165) is 6.20 Å². The monoisotopic (exact) mass is 255 g/mol. The lowest BCUT2D eigenvalue weighted by Gasteiger charge is -2.07. The van der Waals surface area contributed by atoms with Gasteiger partial charge in [0.15, 0.2) is 11.3 Å². The summed E-state index contributed by atoms with van der Waals surface area (Å²) in [7, 11) is 0. The van der Waals surface area contributed by atoms with Crippen molar-refractivity contribution in [3.05, 3.63) is 29.7 Å². The molecular weight excluding hydrogens is 252 g/mol. The van der Waals surface area contributed by atoms with Crippen LogP contribution >= 0.6 is 0 Å². The average molecular weight is 255 g/mol. The summed E-state index contributed by atoms with van der Waals surface area (Å²) >= 11 is 0. The zero-order valence-electron chi connectivity index (χ0n) is 7.84. The molecule has 0 saturated heterocycles. The van der Waals surface area contributed by atoms with Crippen LogP contribution in [0.15, 0.2) is 18.3 Å². The Labute approximate surface area is 89.7 Å². The molecule has 0 radical (unpaired) electrons. The van der Waals surface area contributed by atoms with Crippen LogP contribution in [0, 0.1) is 0 Å². The first kappa shape index (κ1) is 11.7. The highest BCUT2D eigenvalue weighted by Crippen LogP contribution is 2.32. The van der Waals surface area contributed by atoms with Crippen LogP contribution in [0.2, 0.25) is 0 Å². The standard InChI is InChI=1S/C8H3F6N3/c9-7(10,11)4-3-6-15-2-1-5(8(12,13)14)17(6)16-4/h1-3H. The summed E-state index contributed by atoms with van der Waals surface area (Å²) in [6.07, 6.45) is -8.83. The first-order valence-electron chi connectivity index (χ1n) is 4.19. The number of halogens is 6. The number of hydrogen-bond donors (Lipinski definition) is 0. The topological polar surface area (TPSA) is 30.2 Å². The van der Waals surface area contributed by atoms with E-state index in [1.165, 1.54) is 0 Å². The molecule has 0 atom stereocenters. The van der Waals surface area contributed by atoms with Crippen LogP contribution in [-0.4, -0.2) is 14.6 Å². The van der Waals surface area contributed by atoms with E-state index in [1.807, 2.05) is 0 Å². The normalized spacial score (nSPS) is 13.3. The molecule has 0 aromatic carbocycles. The SMILES string of the molecule is FC(F)(F)c1cc2nccc(C(F)(F)F)n2n1. The highest BCUT2D eigenvalue weighted by atomic mass is 19.4. The van der Waals surface area contributed by atoms with Crippen molar-refractivity contribution in [2.24, 2.45) is 0 Å². The van der Waals surface area contributed by atoms with Gasteiger partial charge >= 0.3 is 12.4 Å². The van der Waals surface area contributed by atoms with Crippen LogP contribution in [0.1, 0.15) is 11.4 Å². The molecule has 17 heavy (non-hydrogen) atoms. The molecule has 0 spiro atoms. The third kappa shape index (κ3) is 2.04. The van der Waals surface area contributed by atoms with Crippen molar-refractivity contribution in [3.63, 3.8) is 0 Å². The molecule has 0 aliphatic heterocycles. The molecule has 0 aliphatic rings. The molecule has 0 bridgehead atoms. The van der Waals surface area contributed by atoms with E-state index < -0.39 is 29.4 Å². The Hall–Kier alpha value is -1.80. The first-order chi connectivity index (χ1) is 7.69. The molecule has 2 aromatic heterocycles. The third-order valence-electron chi connectivity index (χ3n) is 1.94. The maximum atomic E-state index is 12.5. The van der Waals surface area contributed by atoms with E-state index in [4.69, 9.17) is 0 Å². The van der Waals surface area contributed by atoms with Crippen molar-refractivity contribution in [3.8, 4) is 0 Å². The number of fused-ring (bicyclic) bond motifs is 1. The van der Waals surface area contributed by atoms with E-state index in [0.29, 0.717) is 12.1 Å². The third-order valence-corrected chi connectivity index (χ3v) is 1.94. The van der Waals surface area contributed by atoms with Gasteiger partial charge in [0.25, 0.3) is 0 Å². The van der Waals surface area contributed by atoms with Gasteiger partial charge in [-0.05, 0) is 6.07 Å². The van der Waals surface area contributed by atoms with Crippen LogP contribution in [0.3, 0.4) is 0 Å². The van der Waals surface area contributed by atoms with Crippen molar-refractivity contribution in [2.45, 2.75) is 12.4 Å². The maximum Gasteiger partial charge on any atom is 0.435 e. The minimum absolute atomic E-state index is 0.128. The number of aromatic nitrogens is 3. The van der Waals surface area contributed by atoms with Gasteiger partial charge in [0.1, 0.15) is 5.69 Å². The van der Waals surface area contributed by atoms with Crippen molar-refractivity contribution >= 4 is 5.65 Å². The van der Waals surface area contributed by atoms with Crippen LogP contribution in [0.25, 0.3) is 5.65 Å². The predicted molar refractivity (Wildman–Crippen MR) is 43.0 cm³/mol. The lowest BCUT2D eigenvalue weighted by atomic mass is 10.4. The number of alkyl halides is 6. The second-order valence-electron chi connectivity index (χ2n) is 3.13. The smallest absolute Gasteiger partial charge is 0.237 e. The molecule has 0 unspecified atom stereocenters. The highest BCUT2D eigenvalue weighted by molar-refractivity contribution is 5.41. The lowest BCUT2D eigenvalue weighted by molar-refractivity contribution is -0.146. The molecule has 92 valence electrons. The van der Waals surface area contributed by atoms with Gasteiger partial charge in [-0.3, -0.25) is 0 Å². The van der Waals surface area contributed by atoms with Gasteiger partial charge in [0.2, 0.25) is 0 Å². The molecule has 0 aliphatic carbocycles. The molecule has 9 heteroatoms. The van der Waals surface area contributed by atoms with E-state index in [9.17, 15) is 26.3 Å². The van der Waals surface area contributed by atoms with E-state index >= 15 is 0 Å². The predicted octanol–water partition coefficient (Wildman–Crippen LogP) is 2.77. The molecule has 0 amide bonds. The number of hydrogen-bond acceptors (Lipinski definition) is 2. The summed E-state index contributed by atoms with van der Waals surface area (Å²) in [5, 5.41) is 2.86. The summed E-state index contributed by atoms with van der Waals surface area (Å²) in [5.41, 5.74) is -3.23. The number of nitrogens with zero attached hydrogens (tertiary/aromatic N) is 3. The van der Waals surface area contributed by atoms with E-state index in [-0.39, 0.29) is 4.52 Å². The van der Waals surface area contributed by atoms with Crippen LogP contribution in [0.4, 0.5) is 26.3 Å². The summed E-state index contributed by atoms with van der Waals surface area (Å²) in [6.45, 7) is 0. The Morgan fingerprint density at radius 2 is 1.65 bits per heavy atom. The Morgan fingerprint density at radius 3 is 2.18 bits per heavy atom. The average Bonchev–Trinajstić information content (AvgIpc) is 2.57. The molecular formula is C8H3F6N3. The highest BCUT2D eigenvalue weighted by Gasteiger charge is 2.38. The van der Waals surface area contributed by atoms with E-state index in [1.54, 1.807) is 0 Å². The molecule has 3 nitrogen and oxygen atoms in total. The Bertz CT molecular complexity index is 552. The number of rotatable bonds is 0. The second-order valence-corrected chi connectivity index (χ2v) is 3.13. The summed E-state index contributed by atoms with van der Waals surface area (Å²) in [6, 6.07) is 1.01. The van der Waals surface area contributed by atoms with Crippen molar-refractivity contribution in [2.75, 3.05) is 0 Å².